The second-order valence-corrected chi connectivity index (χ2v) is 3.85. The van der Waals surface area contributed by atoms with Gasteiger partial charge in [0.25, 0.3) is 0 Å². The molecule has 0 saturated heterocycles. The van der Waals surface area contributed by atoms with Crippen molar-refractivity contribution in [2.75, 3.05) is 13.9 Å². The first-order valence-electron chi connectivity index (χ1n) is 4.47. The maximum absolute atomic E-state index is 8.70. The van der Waals surface area contributed by atoms with Crippen molar-refractivity contribution in [3.05, 3.63) is 27.7 Å². The molecule has 80 valence electrons. The third-order valence-electron chi connectivity index (χ3n) is 2.03. The van der Waals surface area contributed by atoms with Gasteiger partial charge in [0.1, 0.15) is 5.75 Å². The molecule has 0 fully saturated rings. The van der Waals surface area contributed by atoms with Crippen LogP contribution in [0.25, 0.3) is 0 Å². The topological polar surface area (TPSA) is 42.2 Å². The molecule has 0 spiro atoms. The molecule has 0 aliphatic rings. The Morgan fingerprint density at radius 1 is 1.47 bits per heavy atom. The van der Waals surface area contributed by atoms with E-state index in [1.54, 1.807) is 7.11 Å². The van der Waals surface area contributed by atoms with Crippen molar-refractivity contribution in [3.63, 3.8) is 0 Å². The number of nitrogens with zero attached hydrogens (tertiary/aromatic N) is 1. The number of nitriles is 1. The lowest BCUT2D eigenvalue weighted by molar-refractivity contribution is 0.0505. The average molecular weight is 270 g/mol. The van der Waals surface area contributed by atoms with Gasteiger partial charge < -0.3 is 9.47 Å². The Kier molecular flexibility index (Phi) is 4.60. The summed E-state index contributed by atoms with van der Waals surface area (Å²) in [6.07, 6.45) is 0.372. The molecule has 0 aliphatic heterocycles. The fourth-order valence-corrected chi connectivity index (χ4v) is 1.93. The smallest absolute Gasteiger partial charge is 0.188 e. The van der Waals surface area contributed by atoms with Crippen molar-refractivity contribution in [1.29, 1.82) is 5.26 Å². The van der Waals surface area contributed by atoms with Gasteiger partial charge in [0.2, 0.25) is 0 Å². The minimum atomic E-state index is 0.202. The van der Waals surface area contributed by atoms with Gasteiger partial charge in [-0.05, 0) is 40.0 Å². The molecular formula is C11H12BrNO2. The maximum atomic E-state index is 8.70. The summed E-state index contributed by atoms with van der Waals surface area (Å²) in [7, 11) is 1.57. The predicted molar refractivity (Wildman–Crippen MR) is 60.7 cm³/mol. The molecule has 0 N–H and O–H groups in total. The van der Waals surface area contributed by atoms with Crippen LogP contribution in [-0.4, -0.2) is 13.9 Å². The molecule has 0 unspecified atom stereocenters. The van der Waals surface area contributed by atoms with Gasteiger partial charge in [-0.1, -0.05) is 6.07 Å². The van der Waals surface area contributed by atoms with Crippen molar-refractivity contribution in [2.45, 2.75) is 13.3 Å². The summed E-state index contributed by atoms with van der Waals surface area (Å²) in [6.45, 7) is 2.17. The number of rotatable bonds is 4. The molecule has 15 heavy (non-hydrogen) atoms. The minimum Gasteiger partial charge on any atom is -0.466 e. The van der Waals surface area contributed by atoms with Gasteiger partial charge in [0.15, 0.2) is 6.79 Å². The normalized spacial score (nSPS) is 9.73. The van der Waals surface area contributed by atoms with E-state index in [0.29, 0.717) is 12.2 Å². The van der Waals surface area contributed by atoms with Gasteiger partial charge in [-0.2, -0.15) is 5.26 Å². The molecule has 0 radical (unpaired) electrons. The third kappa shape index (κ3) is 2.95. The number of benzene rings is 1. The van der Waals surface area contributed by atoms with Crippen LogP contribution in [-0.2, 0) is 11.2 Å². The molecular weight excluding hydrogens is 258 g/mol. The molecule has 1 aromatic rings. The van der Waals surface area contributed by atoms with Crippen molar-refractivity contribution in [3.8, 4) is 11.8 Å². The van der Waals surface area contributed by atoms with Crippen molar-refractivity contribution in [2.24, 2.45) is 0 Å². The van der Waals surface area contributed by atoms with Crippen molar-refractivity contribution >= 4 is 15.9 Å². The van der Waals surface area contributed by atoms with Crippen LogP contribution in [0.15, 0.2) is 16.6 Å². The lowest BCUT2D eigenvalue weighted by Crippen LogP contribution is -2.01. The Labute approximate surface area is 97.7 Å². The average Bonchev–Trinajstić information content (AvgIpc) is 2.23. The van der Waals surface area contributed by atoms with Gasteiger partial charge in [-0.15, -0.1) is 0 Å². The maximum Gasteiger partial charge on any atom is 0.188 e. The Bertz CT molecular complexity index is 385. The molecule has 0 heterocycles. The second kappa shape index (κ2) is 5.74. The molecule has 1 aromatic carbocycles. The SMILES string of the molecule is COCOc1ccc(C)c(CC#N)c1Br. The van der Waals surface area contributed by atoms with Crippen molar-refractivity contribution < 1.29 is 9.47 Å². The minimum absolute atomic E-state index is 0.202. The van der Waals surface area contributed by atoms with Gasteiger partial charge in [-0.25, -0.2) is 0 Å². The molecule has 0 aromatic heterocycles. The Morgan fingerprint density at radius 2 is 2.20 bits per heavy atom. The van der Waals surface area contributed by atoms with Crippen LogP contribution in [0.1, 0.15) is 11.1 Å². The zero-order valence-corrected chi connectivity index (χ0v) is 10.3. The largest absolute Gasteiger partial charge is 0.466 e. The van der Waals surface area contributed by atoms with E-state index in [1.165, 1.54) is 0 Å². The summed E-state index contributed by atoms with van der Waals surface area (Å²) in [5, 5.41) is 8.70. The summed E-state index contributed by atoms with van der Waals surface area (Å²) in [6, 6.07) is 5.93. The van der Waals surface area contributed by atoms with Crippen LogP contribution in [0.3, 0.4) is 0 Å². The number of methoxy groups -OCH3 is 1. The molecule has 1 rings (SSSR count). The van der Waals surface area contributed by atoms with Gasteiger partial charge in [-0.3, -0.25) is 0 Å². The lowest BCUT2D eigenvalue weighted by Gasteiger charge is -2.11. The Balaban J connectivity index is 3.00. The Hall–Kier alpha value is -1.05. The predicted octanol–water partition coefficient (Wildman–Crippen LogP) is 2.81. The zero-order valence-electron chi connectivity index (χ0n) is 8.71. The van der Waals surface area contributed by atoms with E-state index < -0.39 is 0 Å². The zero-order chi connectivity index (χ0) is 11.3. The quantitative estimate of drug-likeness (QED) is 0.790. The van der Waals surface area contributed by atoms with E-state index in [2.05, 4.69) is 22.0 Å². The standard InChI is InChI=1S/C11H12BrNO2/c1-8-3-4-10(15-7-14-2)11(12)9(8)5-6-13/h3-4H,5,7H2,1-2H3. The van der Waals surface area contributed by atoms with Crippen LogP contribution in [0.5, 0.6) is 5.75 Å². The third-order valence-corrected chi connectivity index (χ3v) is 2.90. The lowest BCUT2D eigenvalue weighted by atomic mass is 10.1. The Morgan fingerprint density at radius 3 is 2.80 bits per heavy atom. The molecule has 0 bridgehead atoms. The molecule has 3 nitrogen and oxygen atoms in total. The molecule has 4 heteroatoms. The van der Waals surface area contributed by atoms with Crippen LogP contribution in [0.2, 0.25) is 0 Å². The summed E-state index contributed by atoms with van der Waals surface area (Å²) < 4.78 is 11.0. The van der Waals surface area contributed by atoms with Crippen LogP contribution in [0, 0.1) is 18.3 Å². The van der Waals surface area contributed by atoms with Gasteiger partial charge in [0, 0.05) is 7.11 Å². The van der Waals surface area contributed by atoms with E-state index in [1.807, 2.05) is 19.1 Å². The molecule has 0 saturated carbocycles. The number of aryl methyl sites for hydroxylation is 1. The monoisotopic (exact) mass is 269 g/mol. The van der Waals surface area contributed by atoms with Gasteiger partial charge >= 0.3 is 0 Å². The summed E-state index contributed by atoms with van der Waals surface area (Å²) >= 11 is 3.43. The number of halogens is 1. The van der Waals surface area contributed by atoms with Crippen LogP contribution < -0.4 is 4.74 Å². The fourth-order valence-electron chi connectivity index (χ4n) is 1.23. The highest BCUT2D eigenvalue weighted by atomic mass is 79.9. The first kappa shape index (κ1) is 12.0. The van der Waals surface area contributed by atoms with E-state index in [4.69, 9.17) is 14.7 Å². The van der Waals surface area contributed by atoms with Gasteiger partial charge in [0.05, 0.1) is 17.0 Å². The van der Waals surface area contributed by atoms with Crippen molar-refractivity contribution in [1.82, 2.24) is 0 Å². The van der Waals surface area contributed by atoms with E-state index >= 15 is 0 Å². The summed E-state index contributed by atoms with van der Waals surface area (Å²) in [5.74, 6) is 0.702. The van der Waals surface area contributed by atoms with Crippen LogP contribution in [0.4, 0.5) is 0 Å². The molecule has 0 amide bonds. The molecule has 0 atom stereocenters. The second-order valence-electron chi connectivity index (χ2n) is 3.06. The number of hydrogen-bond acceptors (Lipinski definition) is 3. The van der Waals surface area contributed by atoms with Crippen LogP contribution >= 0.6 is 15.9 Å². The first-order chi connectivity index (χ1) is 7.20. The number of hydrogen-bond donors (Lipinski definition) is 0. The highest BCUT2D eigenvalue weighted by molar-refractivity contribution is 9.10. The number of ether oxygens (including phenoxy) is 2. The summed E-state index contributed by atoms with van der Waals surface area (Å²) in [5.41, 5.74) is 2.04. The summed E-state index contributed by atoms with van der Waals surface area (Å²) in [4.78, 5) is 0. The van der Waals surface area contributed by atoms with E-state index in [-0.39, 0.29) is 6.79 Å². The highest BCUT2D eigenvalue weighted by Gasteiger charge is 2.09. The first-order valence-corrected chi connectivity index (χ1v) is 5.26. The van der Waals surface area contributed by atoms with E-state index in [9.17, 15) is 0 Å². The highest BCUT2D eigenvalue weighted by Crippen LogP contribution is 2.31. The fraction of sp³-hybridized carbons (Fsp3) is 0.364. The molecule has 0 aliphatic carbocycles. The van der Waals surface area contributed by atoms with E-state index in [0.717, 1.165) is 15.6 Å².